The lowest BCUT2D eigenvalue weighted by Gasteiger charge is -2.08. The van der Waals surface area contributed by atoms with Gasteiger partial charge in [0.25, 0.3) is 0 Å². The number of hydrogen-bond acceptors (Lipinski definition) is 3. The highest BCUT2D eigenvalue weighted by Gasteiger charge is 2.10. The highest BCUT2D eigenvalue weighted by Crippen LogP contribution is 2.31. The van der Waals surface area contributed by atoms with Gasteiger partial charge in [-0.1, -0.05) is 11.6 Å². The number of rotatable bonds is 3. The number of carbonyl (C=O) groups is 1. The van der Waals surface area contributed by atoms with E-state index in [1.807, 2.05) is 0 Å². The summed E-state index contributed by atoms with van der Waals surface area (Å²) in [5.74, 6) is 0.673. The van der Waals surface area contributed by atoms with Crippen LogP contribution < -0.4 is 4.74 Å². The van der Waals surface area contributed by atoms with Crippen LogP contribution in [0.25, 0.3) is 11.3 Å². The largest absolute Gasteiger partial charge is 0.497 e. The Morgan fingerprint density at radius 2 is 2.18 bits per heavy atom. The van der Waals surface area contributed by atoms with E-state index in [1.165, 1.54) is 0 Å². The second kappa shape index (κ2) is 4.97. The van der Waals surface area contributed by atoms with E-state index in [0.717, 1.165) is 6.29 Å². The van der Waals surface area contributed by atoms with Crippen LogP contribution in [0.4, 0.5) is 0 Å². The Balaban J connectivity index is 2.62. The summed E-state index contributed by atoms with van der Waals surface area (Å²) in [6.45, 7) is 0. The molecular formula is C13H10ClNO2. The van der Waals surface area contributed by atoms with Gasteiger partial charge in [-0.2, -0.15) is 0 Å². The van der Waals surface area contributed by atoms with Gasteiger partial charge in [-0.15, -0.1) is 0 Å². The number of hydrogen-bond donors (Lipinski definition) is 0. The van der Waals surface area contributed by atoms with Crippen molar-refractivity contribution in [3.8, 4) is 17.0 Å². The molecule has 1 aromatic carbocycles. The highest BCUT2D eigenvalue weighted by atomic mass is 35.5. The van der Waals surface area contributed by atoms with E-state index < -0.39 is 0 Å². The van der Waals surface area contributed by atoms with Gasteiger partial charge < -0.3 is 4.74 Å². The SMILES string of the molecule is COc1ccc(Cl)c(-c2ncccc2C=O)c1. The van der Waals surface area contributed by atoms with E-state index in [-0.39, 0.29) is 0 Å². The van der Waals surface area contributed by atoms with Crippen molar-refractivity contribution < 1.29 is 9.53 Å². The van der Waals surface area contributed by atoms with Gasteiger partial charge in [-0.25, -0.2) is 0 Å². The standard InChI is InChI=1S/C13H10ClNO2/c1-17-10-4-5-12(14)11(7-10)13-9(8-16)3-2-6-15-13/h2-8H,1H3. The van der Waals surface area contributed by atoms with Gasteiger partial charge in [0.05, 0.1) is 17.8 Å². The lowest BCUT2D eigenvalue weighted by molar-refractivity contribution is 0.112. The van der Waals surface area contributed by atoms with Gasteiger partial charge in [0.2, 0.25) is 0 Å². The van der Waals surface area contributed by atoms with Crippen molar-refractivity contribution in [2.24, 2.45) is 0 Å². The molecule has 0 N–H and O–H groups in total. The fraction of sp³-hybridized carbons (Fsp3) is 0.0769. The molecule has 1 heterocycles. The number of benzene rings is 1. The molecule has 0 bridgehead atoms. The fourth-order valence-corrected chi connectivity index (χ4v) is 1.76. The van der Waals surface area contributed by atoms with Crippen molar-refractivity contribution in [2.45, 2.75) is 0 Å². The number of aldehydes is 1. The van der Waals surface area contributed by atoms with E-state index in [1.54, 1.807) is 43.6 Å². The molecule has 4 heteroatoms. The predicted molar refractivity (Wildman–Crippen MR) is 66.6 cm³/mol. The third-order valence-corrected chi connectivity index (χ3v) is 2.72. The molecule has 2 aromatic rings. The molecule has 0 atom stereocenters. The summed E-state index contributed by atoms with van der Waals surface area (Å²) in [6.07, 6.45) is 2.39. The van der Waals surface area contributed by atoms with Crippen LogP contribution in [-0.2, 0) is 0 Å². The highest BCUT2D eigenvalue weighted by molar-refractivity contribution is 6.33. The third kappa shape index (κ3) is 2.29. The monoisotopic (exact) mass is 247 g/mol. The molecule has 0 aliphatic rings. The van der Waals surface area contributed by atoms with Crippen LogP contribution in [0.3, 0.4) is 0 Å². The minimum absolute atomic E-state index is 0.502. The first-order chi connectivity index (χ1) is 8.26. The Bertz CT molecular complexity index is 555. The summed E-state index contributed by atoms with van der Waals surface area (Å²) in [4.78, 5) is 15.1. The lowest BCUT2D eigenvalue weighted by Crippen LogP contribution is -1.92. The average molecular weight is 248 g/mol. The van der Waals surface area contributed by atoms with Crippen LogP contribution in [0.2, 0.25) is 5.02 Å². The number of halogens is 1. The van der Waals surface area contributed by atoms with Crippen LogP contribution in [0.5, 0.6) is 5.75 Å². The molecule has 0 fully saturated rings. The maximum Gasteiger partial charge on any atom is 0.152 e. The lowest BCUT2D eigenvalue weighted by atomic mass is 10.1. The summed E-state index contributed by atoms with van der Waals surface area (Å²) >= 11 is 6.11. The maximum absolute atomic E-state index is 11.0. The number of methoxy groups -OCH3 is 1. The number of aromatic nitrogens is 1. The minimum atomic E-state index is 0.502. The van der Waals surface area contributed by atoms with Crippen molar-refractivity contribution in [3.63, 3.8) is 0 Å². The van der Waals surface area contributed by atoms with Crippen molar-refractivity contribution in [3.05, 3.63) is 47.1 Å². The van der Waals surface area contributed by atoms with Crippen molar-refractivity contribution in [1.29, 1.82) is 0 Å². The Morgan fingerprint density at radius 3 is 2.88 bits per heavy atom. The molecule has 3 nitrogen and oxygen atoms in total. The van der Waals surface area contributed by atoms with Gasteiger partial charge in [-0.3, -0.25) is 9.78 Å². The summed E-state index contributed by atoms with van der Waals surface area (Å²) in [5.41, 5.74) is 1.75. The second-order valence-electron chi connectivity index (χ2n) is 3.40. The van der Waals surface area contributed by atoms with E-state index >= 15 is 0 Å². The summed E-state index contributed by atoms with van der Waals surface area (Å²) < 4.78 is 5.13. The van der Waals surface area contributed by atoms with E-state index in [0.29, 0.717) is 27.6 Å². The van der Waals surface area contributed by atoms with Crippen LogP contribution in [0.15, 0.2) is 36.5 Å². The van der Waals surface area contributed by atoms with Crippen molar-refractivity contribution >= 4 is 17.9 Å². The number of pyridine rings is 1. The quantitative estimate of drug-likeness (QED) is 0.782. The van der Waals surface area contributed by atoms with Crippen LogP contribution in [-0.4, -0.2) is 18.4 Å². The first-order valence-electron chi connectivity index (χ1n) is 5.00. The zero-order chi connectivity index (χ0) is 12.3. The number of nitrogens with zero attached hydrogens (tertiary/aromatic N) is 1. The number of ether oxygens (including phenoxy) is 1. The Labute approximate surface area is 104 Å². The van der Waals surface area contributed by atoms with Gasteiger partial charge in [0, 0.05) is 17.3 Å². The Kier molecular flexibility index (Phi) is 3.40. The molecule has 0 saturated heterocycles. The van der Waals surface area contributed by atoms with E-state index in [2.05, 4.69) is 4.98 Å². The van der Waals surface area contributed by atoms with Crippen molar-refractivity contribution in [1.82, 2.24) is 4.98 Å². The zero-order valence-electron chi connectivity index (χ0n) is 9.18. The van der Waals surface area contributed by atoms with E-state index in [9.17, 15) is 4.79 Å². The maximum atomic E-state index is 11.0. The van der Waals surface area contributed by atoms with E-state index in [4.69, 9.17) is 16.3 Å². The molecule has 0 radical (unpaired) electrons. The molecule has 0 spiro atoms. The molecule has 2 rings (SSSR count). The molecule has 0 aliphatic heterocycles. The van der Waals surface area contributed by atoms with Gasteiger partial charge in [0.1, 0.15) is 5.75 Å². The first-order valence-corrected chi connectivity index (χ1v) is 5.38. The molecule has 1 aromatic heterocycles. The summed E-state index contributed by atoms with van der Waals surface area (Å²) in [5, 5.41) is 0.535. The summed E-state index contributed by atoms with van der Waals surface area (Å²) in [6, 6.07) is 8.65. The molecule has 0 saturated carbocycles. The predicted octanol–water partition coefficient (Wildman–Crippen LogP) is 3.22. The van der Waals surface area contributed by atoms with Crippen molar-refractivity contribution in [2.75, 3.05) is 7.11 Å². The van der Waals surface area contributed by atoms with Crippen LogP contribution in [0, 0.1) is 0 Å². The smallest absolute Gasteiger partial charge is 0.152 e. The molecule has 0 aliphatic carbocycles. The topological polar surface area (TPSA) is 39.2 Å². The minimum Gasteiger partial charge on any atom is -0.497 e. The Morgan fingerprint density at radius 1 is 1.35 bits per heavy atom. The molecule has 0 unspecified atom stereocenters. The molecule has 86 valence electrons. The van der Waals surface area contributed by atoms with Crippen LogP contribution in [0.1, 0.15) is 10.4 Å². The average Bonchev–Trinajstić information content (AvgIpc) is 2.39. The normalized spacial score (nSPS) is 10.0. The van der Waals surface area contributed by atoms with Gasteiger partial charge in [0.15, 0.2) is 6.29 Å². The fourth-order valence-electron chi connectivity index (χ4n) is 1.55. The molecule has 0 amide bonds. The zero-order valence-corrected chi connectivity index (χ0v) is 9.94. The molecule has 17 heavy (non-hydrogen) atoms. The van der Waals surface area contributed by atoms with Gasteiger partial charge in [-0.05, 0) is 30.3 Å². The van der Waals surface area contributed by atoms with Gasteiger partial charge >= 0.3 is 0 Å². The third-order valence-electron chi connectivity index (χ3n) is 2.39. The molecular weight excluding hydrogens is 238 g/mol. The second-order valence-corrected chi connectivity index (χ2v) is 3.81. The summed E-state index contributed by atoms with van der Waals surface area (Å²) in [7, 11) is 1.58. The first kappa shape index (κ1) is 11.6. The van der Waals surface area contributed by atoms with Crippen LogP contribution >= 0.6 is 11.6 Å². The Hall–Kier alpha value is -1.87. The number of carbonyl (C=O) groups excluding carboxylic acids is 1.